The van der Waals surface area contributed by atoms with Crippen LogP contribution in [-0.4, -0.2) is 25.6 Å². The molecular formula is C15H18F3N5. The standard InChI is InChI=1S/C15H18F3N5/c16-15(17,18)14-21-12(20-9-6-7-9)11-13(22-14)23(8-19-11)10-4-2-1-3-5-10/h8-10H,1-7H2,(H,20,21,22). The van der Waals surface area contributed by atoms with E-state index in [1.54, 1.807) is 6.33 Å². The molecule has 2 fully saturated rings. The second-order valence-corrected chi connectivity index (χ2v) is 6.43. The first-order valence-electron chi connectivity index (χ1n) is 8.10. The zero-order chi connectivity index (χ0) is 16.0. The van der Waals surface area contributed by atoms with E-state index in [0.717, 1.165) is 38.5 Å². The molecule has 2 aromatic heterocycles. The summed E-state index contributed by atoms with van der Waals surface area (Å²) >= 11 is 0. The van der Waals surface area contributed by atoms with Crippen molar-refractivity contribution in [1.82, 2.24) is 19.5 Å². The monoisotopic (exact) mass is 325 g/mol. The van der Waals surface area contributed by atoms with Gasteiger partial charge in [-0.15, -0.1) is 0 Å². The molecule has 8 heteroatoms. The molecule has 2 saturated carbocycles. The Morgan fingerprint density at radius 1 is 1.04 bits per heavy atom. The number of nitrogens with zero attached hydrogens (tertiary/aromatic N) is 4. The Bertz CT molecular complexity index is 714. The Kier molecular flexibility index (Phi) is 3.42. The lowest BCUT2D eigenvalue weighted by molar-refractivity contribution is -0.144. The van der Waals surface area contributed by atoms with Gasteiger partial charge in [0.05, 0.1) is 6.33 Å². The highest BCUT2D eigenvalue weighted by Crippen LogP contribution is 2.35. The molecule has 4 rings (SSSR count). The number of aromatic nitrogens is 4. The molecule has 0 aliphatic heterocycles. The molecule has 2 aliphatic carbocycles. The number of fused-ring (bicyclic) bond motifs is 1. The van der Waals surface area contributed by atoms with Gasteiger partial charge in [0.2, 0.25) is 5.82 Å². The molecule has 2 aliphatic rings. The van der Waals surface area contributed by atoms with Crippen LogP contribution in [-0.2, 0) is 6.18 Å². The number of halogens is 3. The molecule has 1 N–H and O–H groups in total. The average Bonchev–Trinajstić information content (AvgIpc) is 3.23. The second-order valence-electron chi connectivity index (χ2n) is 6.43. The molecule has 2 aromatic rings. The van der Waals surface area contributed by atoms with E-state index in [1.807, 2.05) is 4.57 Å². The summed E-state index contributed by atoms with van der Waals surface area (Å²) in [6.07, 6.45) is 4.25. The van der Waals surface area contributed by atoms with Crippen LogP contribution in [0.15, 0.2) is 6.33 Å². The zero-order valence-corrected chi connectivity index (χ0v) is 12.6. The highest BCUT2D eigenvalue weighted by molar-refractivity contribution is 5.83. The molecule has 5 nitrogen and oxygen atoms in total. The maximum absolute atomic E-state index is 13.1. The van der Waals surface area contributed by atoms with Gasteiger partial charge in [0, 0.05) is 12.1 Å². The van der Waals surface area contributed by atoms with Gasteiger partial charge in [-0.2, -0.15) is 13.2 Å². The molecular weight excluding hydrogens is 307 g/mol. The molecule has 0 unspecified atom stereocenters. The van der Waals surface area contributed by atoms with Crippen LogP contribution in [0.1, 0.15) is 56.8 Å². The molecule has 0 radical (unpaired) electrons. The van der Waals surface area contributed by atoms with E-state index in [9.17, 15) is 13.2 Å². The molecule has 0 aromatic carbocycles. The van der Waals surface area contributed by atoms with Crippen molar-refractivity contribution in [2.24, 2.45) is 0 Å². The minimum absolute atomic E-state index is 0.179. The third-order valence-corrected chi connectivity index (χ3v) is 4.56. The predicted molar refractivity (Wildman–Crippen MR) is 79.1 cm³/mol. The molecule has 0 atom stereocenters. The van der Waals surface area contributed by atoms with Gasteiger partial charge in [-0.25, -0.2) is 15.0 Å². The summed E-state index contributed by atoms with van der Waals surface area (Å²) in [5.74, 6) is -0.884. The van der Waals surface area contributed by atoms with Gasteiger partial charge >= 0.3 is 6.18 Å². The van der Waals surface area contributed by atoms with Crippen LogP contribution in [0.3, 0.4) is 0 Å². The second kappa shape index (κ2) is 5.35. The third kappa shape index (κ3) is 2.86. The molecule has 23 heavy (non-hydrogen) atoms. The maximum atomic E-state index is 13.1. The van der Waals surface area contributed by atoms with E-state index in [0.29, 0.717) is 11.2 Å². The SMILES string of the molecule is FC(F)(F)c1nc(NC2CC2)c2ncn(C3CCCCC3)c2n1. The van der Waals surface area contributed by atoms with Gasteiger partial charge < -0.3 is 9.88 Å². The summed E-state index contributed by atoms with van der Waals surface area (Å²) in [5, 5.41) is 3.06. The van der Waals surface area contributed by atoms with Crippen molar-refractivity contribution in [1.29, 1.82) is 0 Å². The fraction of sp³-hybridized carbons (Fsp3) is 0.667. The van der Waals surface area contributed by atoms with Crippen molar-refractivity contribution in [3.8, 4) is 0 Å². The number of anilines is 1. The molecule has 0 amide bonds. The minimum atomic E-state index is -4.56. The van der Waals surface area contributed by atoms with Crippen LogP contribution in [0.4, 0.5) is 19.0 Å². The van der Waals surface area contributed by atoms with Gasteiger partial charge in [0.25, 0.3) is 0 Å². The summed E-state index contributed by atoms with van der Waals surface area (Å²) in [6, 6.07) is 0.382. The van der Waals surface area contributed by atoms with E-state index >= 15 is 0 Å². The average molecular weight is 325 g/mol. The van der Waals surface area contributed by atoms with Crippen LogP contribution in [0, 0.1) is 0 Å². The van der Waals surface area contributed by atoms with Crippen molar-refractivity contribution in [3.05, 3.63) is 12.2 Å². The number of imidazole rings is 1. The van der Waals surface area contributed by atoms with Crippen molar-refractivity contribution in [2.75, 3.05) is 5.32 Å². The molecule has 0 bridgehead atoms. The van der Waals surface area contributed by atoms with Crippen molar-refractivity contribution in [2.45, 2.75) is 63.2 Å². The molecule has 0 saturated heterocycles. The first-order chi connectivity index (χ1) is 11.0. The van der Waals surface area contributed by atoms with E-state index in [2.05, 4.69) is 20.3 Å². The number of hydrogen-bond acceptors (Lipinski definition) is 4. The van der Waals surface area contributed by atoms with E-state index < -0.39 is 12.0 Å². The lowest BCUT2D eigenvalue weighted by Crippen LogP contribution is -2.17. The first kappa shape index (κ1) is 14.7. The Morgan fingerprint density at radius 3 is 2.43 bits per heavy atom. The molecule has 0 spiro atoms. The van der Waals surface area contributed by atoms with Crippen LogP contribution in [0.2, 0.25) is 0 Å². The van der Waals surface area contributed by atoms with Crippen LogP contribution < -0.4 is 5.32 Å². The number of nitrogens with one attached hydrogen (secondary N) is 1. The zero-order valence-electron chi connectivity index (χ0n) is 12.6. The van der Waals surface area contributed by atoms with Gasteiger partial charge in [0.1, 0.15) is 5.52 Å². The highest BCUT2D eigenvalue weighted by Gasteiger charge is 2.37. The molecule has 124 valence electrons. The highest BCUT2D eigenvalue weighted by atomic mass is 19.4. The summed E-state index contributed by atoms with van der Waals surface area (Å²) in [5.41, 5.74) is 0.734. The van der Waals surface area contributed by atoms with Gasteiger partial charge in [-0.1, -0.05) is 19.3 Å². The number of hydrogen-bond donors (Lipinski definition) is 1. The molecule has 2 heterocycles. The summed E-state index contributed by atoms with van der Waals surface area (Å²) < 4.78 is 41.2. The minimum Gasteiger partial charge on any atom is -0.365 e. The lowest BCUT2D eigenvalue weighted by atomic mass is 9.95. The quantitative estimate of drug-likeness (QED) is 0.929. The maximum Gasteiger partial charge on any atom is 0.451 e. The summed E-state index contributed by atoms with van der Waals surface area (Å²) in [4.78, 5) is 11.8. The van der Waals surface area contributed by atoms with Crippen LogP contribution in [0.5, 0.6) is 0 Å². The number of alkyl halides is 3. The first-order valence-corrected chi connectivity index (χ1v) is 8.10. The summed E-state index contributed by atoms with van der Waals surface area (Å²) in [6.45, 7) is 0. The topological polar surface area (TPSA) is 55.6 Å². The van der Waals surface area contributed by atoms with Crippen molar-refractivity contribution >= 4 is 17.0 Å². The van der Waals surface area contributed by atoms with E-state index in [4.69, 9.17) is 0 Å². The van der Waals surface area contributed by atoms with E-state index in [1.165, 1.54) is 6.42 Å². The fourth-order valence-electron chi connectivity index (χ4n) is 3.19. The normalized spacial score (nSPS) is 20.1. The lowest BCUT2D eigenvalue weighted by Gasteiger charge is -2.23. The van der Waals surface area contributed by atoms with Crippen LogP contribution >= 0.6 is 0 Å². The Hall–Kier alpha value is -1.86. The Morgan fingerprint density at radius 2 is 1.78 bits per heavy atom. The smallest absolute Gasteiger partial charge is 0.365 e. The van der Waals surface area contributed by atoms with Gasteiger partial charge in [-0.3, -0.25) is 0 Å². The van der Waals surface area contributed by atoms with E-state index in [-0.39, 0.29) is 17.9 Å². The summed E-state index contributed by atoms with van der Waals surface area (Å²) in [7, 11) is 0. The van der Waals surface area contributed by atoms with Gasteiger partial charge in [0.15, 0.2) is 11.5 Å². The largest absolute Gasteiger partial charge is 0.451 e. The number of rotatable bonds is 3. The van der Waals surface area contributed by atoms with Gasteiger partial charge in [-0.05, 0) is 25.7 Å². The third-order valence-electron chi connectivity index (χ3n) is 4.56. The van der Waals surface area contributed by atoms with Crippen molar-refractivity contribution in [3.63, 3.8) is 0 Å². The fourth-order valence-corrected chi connectivity index (χ4v) is 3.19. The Balaban J connectivity index is 1.81. The van der Waals surface area contributed by atoms with Crippen LogP contribution in [0.25, 0.3) is 11.2 Å². The Labute approximate surface area is 131 Å². The van der Waals surface area contributed by atoms with Crippen molar-refractivity contribution < 1.29 is 13.2 Å². The predicted octanol–water partition coefficient (Wildman–Crippen LogP) is 3.92.